The van der Waals surface area contributed by atoms with Crippen molar-refractivity contribution in [2.45, 2.75) is 0 Å². The molecule has 1 aromatic carbocycles. The smallest absolute Gasteiger partial charge is 0.273 e. The van der Waals surface area contributed by atoms with E-state index in [1.54, 1.807) is 18.2 Å². The SMILES string of the molecule is COc1cc([N+](=O)[O-])ccc1C(=O)Nc1cccc(Br)n1. The number of rotatable bonds is 4. The average Bonchev–Trinajstić information content (AvgIpc) is 2.46. The number of non-ortho nitro benzene ring substituents is 1. The van der Waals surface area contributed by atoms with Gasteiger partial charge < -0.3 is 10.1 Å². The van der Waals surface area contributed by atoms with E-state index in [-0.39, 0.29) is 17.0 Å². The number of amides is 1. The van der Waals surface area contributed by atoms with Crippen LogP contribution in [0, 0.1) is 10.1 Å². The van der Waals surface area contributed by atoms with Gasteiger partial charge in [-0.05, 0) is 34.1 Å². The molecule has 1 N–H and O–H groups in total. The number of benzene rings is 1. The van der Waals surface area contributed by atoms with Crippen LogP contribution in [0.4, 0.5) is 11.5 Å². The molecule has 0 saturated heterocycles. The molecule has 0 saturated carbocycles. The Balaban J connectivity index is 2.28. The standard InChI is InChI=1S/C13H10BrN3O4/c1-21-10-7-8(17(19)20)5-6-9(10)13(18)16-12-4-2-3-11(14)15-12/h2-7H,1H3,(H,15,16,18). The zero-order valence-corrected chi connectivity index (χ0v) is 12.5. The minimum absolute atomic E-state index is 0.122. The average molecular weight is 352 g/mol. The third-order valence-corrected chi connectivity index (χ3v) is 3.04. The first-order valence-corrected chi connectivity index (χ1v) is 6.57. The summed E-state index contributed by atoms with van der Waals surface area (Å²) in [4.78, 5) is 26.4. The van der Waals surface area contributed by atoms with Crippen LogP contribution in [0.3, 0.4) is 0 Å². The van der Waals surface area contributed by atoms with Crippen LogP contribution < -0.4 is 10.1 Å². The molecule has 8 heteroatoms. The molecule has 0 unspecified atom stereocenters. The van der Waals surface area contributed by atoms with E-state index in [1.807, 2.05) is 0 Å². The number of pyridine rings is 1. The van der Waals surface area contributed by atoms with Gasteiger partial charge in [-0.3, -0.25) is 14.9 Å². The zero-order chi connectivity index (χ0) is 15.4. The summed E-state index contributed by atoms with van der Waals surface area (Å²) >= 11 is 3.20. The number of nitro benzene ring substituents is 1. The van der Waals surface area contributed by atoms with Gasteiger partial charge in [0.15, 0.2) is 0 Å². The van der Waals surface area contributed by atoms with Gasteiger partial charge in [0.25, 0.3) is 11.6 Å². The van der Waals surface area contributed by atoms with Crippen molar-refractivity contribution >= 4 is 33.3 Å². The fourth-order valence-electron chi connectivity index (χ4n) is 1.64. The van der Waals surface area contributed by atoms with Gasteiger partial charge in [0, 0.05) is 6.07 Å². The quantitative estimate of drug-likeness (QED) is 0.519. The number of carbonyl (C=O) groups is 1. The molecule has 0 radical (unpaired) electrons. The van der Waals surface area contributed by atoms with Gasteiger partial charge in [-0.25, -0.2) is 4.98 Å². The fourth-order valence-corrected chi connectivity index (χ4v) is 1.99. The minimum atomic E-state index is -0.555. The highest BCUT2D eigenvalue weighted by Crippen LogP contribution is 2.25. The van der Waals surface area contributed by atoms with Crippen LogP contribution in [0.25, 0.3) is 0 Å². The summed E-state index contributed by atoms with van der Waals surface area (Å²) in [5.74, 6) is 0.0128. The Morgan fingerprint density at radius 1 is 1.38 bits per heavy atom. The summed E-state index contributed by atoms with van der Waals surface area (Å²) < 4.78 is 5.60. The topological polar surface area (TPSA) is 94.4 Å². The van der Waals surface area contributed by atoms with E-state index in [2.05, 4.69) is 26.2 Å². The number of ether oxygens (including phenoxy) is 1. The van der Waals surface area contributed by atoms with Crippen LogP contribution in [0.5, 0.6) is 5.75 Å². The Morgan fingerprint density at radius 2 is 2.14 bits per heavy atom. The molecule has 2 rings (SSSR count). The van der Waals surface area contributed by atoms with Gasteiger partial charge in [0.1, 0.15) is 16.2 Å². The van der Waals surface area contributed by atoms with Crippen LogP contribution in [-0.2, 0) is 0 Å². The molecule has 7 nitrogen and oxygen atoms in total. The number of aromatic nitrogens is 1. The van der Waals surface area contributed by atoms with Crippen molar-refractivity contribution in [2.24, 2.45) is 0 Å². The molecule has 1 aromatic heterocycles. The van der Waals surface area contributed by atoms with E-state index in [9.17, 15) is 14.9 Å². The summed E-state index contributed by atoms with van der Waals surface area (Å²) in [7, 11) is 1.34. The number of anilines is 1. The summed E-state index contributed by atoms with van der Waals surface area (Å²) in [5.41, 5.74) is 0.0360. The lowest BCUT2D eigenvalue weighted by Crippen LogP contribution is -2.14. The number of nitrogens with one attached hydrogen (secondary N) is 1. The van der Waals surface area contributed by atoms with Gasteiger partial charge in [-0.1, -0.05) is 6.07 Å². The van der Waals surface area contributed by atoms with E-state index in [0.29, 0.717) is 10.4 Å². The molecular weight excluding hydrogens is 342 g/mol. The molecule has 0 aliphatic rings. The molecule has 108 valence electrons. The summed E-state index contributed by atoms with van der Waals surface area (Å²) in [6.07, 6.45) is 0. The Bertz CT molecular complexity index is 706. The van der Waals surface area contributed by atoms with Crippen molar-refractivity contribution in [3.05, 3.63) is 56.7 Å². The number of methoxy groups -OCH3 is 1. The van der Waals surface area contributed by atoms with Gasteiger partial charge >= 0.3 is 0 Å². The molecule has 1 amide bonds. The van der Waals surface area contributed by atoms with Crippen LogP contribution in [-0.4, -0.2) is 22.9 Å². The number of halogens is 1. The Hall–Kier alpha value is -2.48. The molecule has 0 aliphatic carbocycles. The third kappa shape index (κ3) is 3.54. The first kappa shape index (κ1) is 14.9. The van der Waals surface area contributed by atoms with E-state index in [4.69, 9.17) is 4.74 Å². The number of carbonyl (C=O) groups excluding carboxylic acids is 1. The van der Waals surface area contributed by atoms with Crippen molar-refractivity contribution in [2.75, 3.05) is 12.4 Å². The van der Waals surface area contributed by atoms with Gasteiger partial charge in [0.2, 0.25) is 0 Å². The summed E-state index contributed by atoms with van der Waals surface area (Å²) in [6.45, 7) is 0. The highest BCUT2D eigenvalue weighted by Gasteiger charge is 2.17. The Labute approximate surface area is 128 Å². The largest absolute Gasteiger partial charge is 0.496 e. The molecule has 21 heavy (non-hydrogen) atoms. The second-order valence-electron chi connectivity index (χ2n) is 3.94. The molecule has 2 aromatic rings. The van der Waals surface area contributed by atoms with Crippen molar-refractivity contribution < 1.29 is 14.5 Å². The van der Waals surface area contributed by atoms with Crippen molar-refractivity contribution in [1.29, 1.82) is 0 Å². The van der Waals surface area contributed by atoms with Crippen LogP contribution in [0.1, 0.15) is 10.4 Å². The monoisotopic (exact) mass is 351 g/mol. The first-order chi connectivity index (χ1) is 10.0. The maximum Gasteiger partial charge on any atom is 0.273 e. The van der Waals surface area contributed by atoms with E-state index < -0.39 is 10.8 Å². The van der Waals surface area contributed by atoms with Crippen LogP contribution in [0.2, 0.25) is 0 Å². The van der Waals surface area contributed by atoms with Crippen LogP contribution in [0.15, 0.2) is 41.0 Å². The first-order valence-electron chi connectivity index (χ1n) is 5.77. The molecular formula is C13H10BrN3O4. The molecule has 1 heterocycles. The Kier molecular flexibility index (Phi) is 4.49. The summed E-state index contributed by atoms with van der Waals surface area (Å²) in [5, 5.41) is 13.3. The van der Waals surface area contributed by atoms with Gasteiger partial charge in [-0.15, -0.1) is 0 Å². The van der Waals surface area contributed by atoms with E-state index >= 15 is 0 Å². The lowest BCUT2D eigenvalue weighted by molar-refractivity contribution is -0.384. The molecule has 0 spiro atoms. The maximum absolute atomic E-state index is 12.2. The molecule has 0 bridgehead atoms. The second kappa shape index (κ2) is 6.31. The maximum atomic E-state index is 12.2. The van der Waals surface area contributed by atoms with Crippen molar-refractivity contribution in [3.63, 3.8) is 0 Å². The van der Waals surface area contributed by atoms with Crippen molar-refractivity contribution in [1.82, 2.24) is 4.98 Å². The van der Waals surface area contributed by atoms with E-state index in [0.717, 1.165) is 0 Å². The predicted octanol–water partition coefficient (Wildman–Crippen LogP) is 3.01. The lowest BCUT2D eigenvalue weighted by Gasteiger charge is -2.08. The number of hydrogen-bond donors (Lipinski definition) is 1. The lowest BCUT2D eigenvalue weighted by atomic mass is 10.1. The number of nitrogens with zero attached hydrogens (tertiary/aromatic N) is 2. The molecule has 0 atom stereocenters. The van der Waals surface area contributed by atoms with Crippen molar-refractivity contribution in [3.8, 4) is 5.75 Å². The number of nitro groups is 1. The van der Waals surface area contributed by atoms with Crippen LogP contribution >= 0.6 is 15.9 Å². The highest BCUT2D eigenvalue weighted by molar-refractivity contribution is 9.10. The summed E-state index contributed by atoms with van der Waals surface area (Å²) in [6, 6.07) is 8.85. The molecule has 0 aliphatic heterocycles. The normalized spacial score (nSPS) is 10.0. The third-order valence-electron chi connectivity index (χ3n) is 2.60. The highest BCUT2D eigenvalue weighted by atomic mass is 79.9. The zero-order valence-electron chi connectivity index (χ0n) is 10.9. The Morgan fingerprint density at radius 3 is 2.76 bits per heavy atom. The molecule has 0 fully saturated rings. The second-order valence-corrected chi connectivity index (χ2v) is 4.75. The van der Waals surface area contributed by atoms with E-state index in [1.165, 1.54) is 25.3 Å². The predicted molar refractivity (Wildman–Crippen MR) is 79.5 cm³/mol. The minimum Gasteiger partial charge on any atom is -0.496 e. The number of hydrogen-bond acceptors (Lipinski definition) is 5. The fraction of sp³-hybridized carbons (Fsp3) is 0.0769. The van der Waals surface area contributed by atoms with Gasteiger partial charge in [0.05, 0.1) is 23.7 Å². The van der Waals surface area contributed by atoms with Gasteiger partial charge in [-0.2, -0.15) is 0 Å².